The maximum absolute atomic E-state index is 13.3. The van der Waals surface area contributed by atoms with Crippen molar-refractivity contribution < 1.29 is 9.50 Å². The first-order valence-electron chi connectivity index (χ1n) is 5.18. The van der Waals surface area contributed by atoms with Crippen LogP contribution in [0.2, 0.25) is 0 Å². The normalized spacial score (nSPS) is 12.6. The highest BCUT2D eigenvalue weighted by molar-refractivity contribution is 7.07. The quantitative estimate of drug-likeness (QED) is 0.865. The summed E-state index contributed by atoms with van der Waals surface area (Å²) in [4.78, 5) is 0. The monoisotopic (exact) mass is 236 g/mol. The Kier molecular flexibility index (Phi) is 3.70. The predicted molar refractivity (Wildman–Crippen MR) is 64.1 cm³/mol. The Bertz CT molecular complexity index is 439. The third-order valence-electron chi connectivity index (χ3n) is 2.46. The maximum Gasteiger partial charge on any atom is 0.126 e. The van der Waals surface area contributed by atoms with Crippen LogP contribution in [0.25, 0.3) is 0 Å². The highest BCUT2D eigenvalue weighted by atomic mass is 32.1. The van der Waals surface area contributed by atoms with Gasteiger partial charge in [-0.3, -0.25) is 0 Å². The Morgan fingerprint density at radius 3 is 2.69 bits per heavy atom. The van der Waals surface area contributed by atoms with Crippen molar-refractivity contribution >= 4 is 11.3 Å². The van der Waals surface area contributed by atoms with Gasteiger partial charge in [0.25, 0.3) is 0 Å². The van der Waals surface area contributed by atoms with Gasteiger partial charge in [0, 0.05) is 6.42 Å². The minimum atomic E-state index is -0.522. The lowest BCUT2D eigenvalue weighted by atomic mass is 10.0. The number of aliphatic hydroxyl groups is 1. The molecule has 0 aliphatic carbocycles. The van der Waals surface area contributed by atoms with Crippen molar-refractivity contribution in [3.63, 3.8) is 0 Å². The fraction of sp³-hybridized carbons (Fsp3) is 0.231. The minimum absolute atomic E-state index is 0.244. The Morgan fingerprint density at radius 2 is 2.00 bits per heavy atom. The van der Waals surface area contributed by atoms with Crippen LogP contribution in [0.5, 0.6) is 0 Å². The number of hydrogen-bond acceptors (Lipinski definition) is 2. The van der Waals surface area contributed by atoms with Crippen LogP contribution in [-0.2, 0) is 12.8 Å². The molecule has 1 N–H and O–H groups in total. The molecule has 0 aliphatic rings. The number of rotatable bonds is 4. The van der Waals surface area contributed by atoms with Crippen molar-refractivity contribution in [2.24, 2.45) is 0 Å². The fourth-order valence-electron chi connectivity index (χ4n) is 1.67. The van der Waals surface area contributed by atoms with Crippen molar-refractivity contribution in [1.29, 1.82) is 0 Å². The van der Waals surface area contributed by atoms with Crippen molar-refractivity contribution in [2.45, 2.75) is 18.9 Å². The second kappa shape index (κ2) is 5.23. The van der Waals surface area contributed by atoms with E-state index in [0.717, 1.165) is 5.56 Å². The molecule has 0 spiro atoms. The van der Waals surface area contributed by atoms with Gasteiger partial charge in [0.2, 0.25) is 0 Å². The molecule has 0 bridgehead atoms. The molecule has 2 rings (SSSR count). The zero-order valence-corrected chi connectivity index (χ0v) is 9.58. The summed E-state index contributed by atoms with van der Waals surface area (Å²) in [6.07, 6.45) is 0.423. The molecule has 0 saturated carbocycles. The summed E-state index contributed by atoms with van der Waals surface area (Å²) < 4.78 is 13.3. The van der Waals surface area contributed by atoms with E-state index in [1.807, 2.05) is 16.8 Å². The molecule has 1 aromatic heterocycles. The fourth-order valence-corrected chi connectivity index (χ4v) is 2.35. The first kappa shape index (κ1) is 11.3. The third kappa shape index (κ3) is 2.90. The van der Waals surface area contributed by atoms with E-state index < -0.39 is 6.10 Å². The number of benzene rings is 1. The first-order chi connectivity index (χ1) is 7.75. The Hall–Kier alpha value is -1.19. The van der Waals surface area contributed by atoms with Crippen LogP contribution in [0, 0.1) is 5.82 Å². The average molecular weight is 236 g/mol. The van der Waals surface area contributed by atoms with E-state index in [-0.39, 0.29) is 5.82 Å². The average Bonchev–Trinajstić information content (AvgIpc) is 2.74. The lowest BCUT2D eigenvalue weighted by Crippen LogP contribution is -2.14. The van der Waals surface area contributed by atoms with E-state index >= 15 is 0 Å². The van der Waals surface area contributed by atoms with Crippen LogP contribution in [0.3, 0.4) is 0 Å². The summed E-state index contributed by atoms with van der Waals surface area (Å²) in [5.74, 6) is -0.244. The van der Waals surface area contributed by atoms with Gasteiger partial charge in [0.05, 0.1) is 6.10 Å². The lowest BCUT2D eigenvalue weighted by molar-refractivity contribution is 0.174. The number of thiophene rings is 1. The van der Waals surface area contributed by atoms with E-state index in [0.29, 0.717) is 18.4 Å². The predicted octanol–water partition coefficient (Wildman–Crippen LogP) is 3.03. The highest BCUT2D eigenvalue weighted by Gasteiger charge is 2.09. The van der Waals surface area contributed by atoms with Crippen LogP contribution >= 0.6 is 11.3 Å². The molecule has 16 heavy (non-hydrogen) atoms. The van der Waals surface area contributed by atoms with Gasteiger partial charge in [-0.05, 0) is 40.4 Å². The van der Waals surface area contributed by atoms with Gasteiger partial charge in [-0.25, -0.2) is 4.39 Å². The Morgan fingerprint density at radius 1 is 1.19 bits per heavy atom. The summed E-state index contributed by atoms with van der Waals surface area (Å²) in [7, 11) is 0. The second-order valence-electron chi connectivity index (χ2n) is 3.79. The zero-order chi connectivity index (χ0) is 11.4. The van der Waals surface area contributed by atoms with E-state index in [1.54, 1.807) is 29.5 Å². The lowest BCUT2D eigenvalue weighted by Gasteiger charge is -2.10. The number of hydrogen-bond donors (Lipinski definition) is 1. The molecule has 84 valence electrons. The highest BCUT2D eigenvalue weighted by Crippen LogP contribution is 2.13. The molecule has 0 amide bonds. The molecule has 2 aromatic rings. The van der Waals surface area contributed by atoms with Gasteiger partial charge in [-0.1, -0.05) is 18.2 Å². The van der Waals surface area contributed by atoms with Gasteiger partial charge < -0.3 is 5.11 Å². The van der Waals surface area contributed by atoms with Gasteiger partial charge in [-0.15, -0.1) is 0 Å². The molecule has 1 nitrogen and oxygen atoms in total. The van der Waals surface area contributed by atoms with Crippen molar-refractivity contribution in [3.05, 3.63) is 58.0 Å². The molecule has 1 atom stereocenters. The Balaban J connectivity index is 1.97. The molecule has 3 heteroatoms. The molecule has 1 unspecified atom stereocenters. The summed E-state index contributed by atoms with van der Waals surface area (Å²) in [6, 6.07) is 8.56. The van der Waals surface area contributed by atoms with Crippen LogP contribution in [0.15, 0.2) is 41.1 Å². The third-order valence-corrected chi connectivity index (χ3v) is 3.20. The molecule has 0 radical (unpaired) electrons. The molecular weight excluding hydrogens is 223 g/mol. The first-order valence-corrected chi connectivity index (χ1v) is 6.12. The molecule has 1 heterocycles. The van der Waals surface area contributed by atoms with Gasteiger partial charge in [0.15, 0.2) is 0 Å². The number of aliphatic hydroxyl groups excluding tert-OH is 1. The van der Waals surface area contributed by atoms with Crippen LogP contribution in [0.4, 0.5) is 4.39 Å². The topological polar surface area (TPSA) is 20.2 Å². The van der Waals surface area contributed by atoms with Crippen LogP contribution < -0.4 is 0 Å². The van der Waals surface area contributed by atoms with E-state index in [4.69, 9.17) is 0 Å². The molecule has 1 aromatic carbocycles. The van der Waals surface area contributed by atoms with Crippen molar-refractivity contribution in [3.8, 4) is 0 Å². The smallest absolute Gasteiger partial charge is 0.126 e. The van der Waals surface area contributed by atoms with Gasteiger partial charge >= 0.3 is 0 Å². The molecule has 0 saturated heterocycles. The molecular formula is C13H13FOS. The van der Waals surface area contributed by atoms with E-state index in [1.165, 1.54) is 6.07 Å². The maximum atomic E-state index is 13.3. The largest absolute Gasteiger partial charge is 0.392 e. The van der Waals surface area contributed by atoms with Crippen LogP contribution in [-0.4, -0.2) is 11.2 Å². The summed E-state index contributed by atoms with van der Waals surface area (Å²) in [5.41, 5.74) is 1.68. The summed E-state index contributed by atoms with van der Waals surface area (Å²) in [5, 5.41) is 13.8. The van der Waals surface area contributed by atoms with E-state index in [2.05, 4.69) is 0 Å². The van der Waals surface area contributed by atoms with E-state index in [9.17, 15) is 9.50 Å². The van der Waals surface area contributed by atoms with Crippen LogP contribution in [0.1, 0.15) is 11.1 Å². The van der Waals surface area contributed by atoms with Gasteiger partial charge in [-0.2, -0.15) is 11.3 Å². The minimum Gasteiger partial charge on any atom is -0.392 e. The summed E-state index contributed by atoms with van der Waals surface area (Å²) in [6.45, 7) is 0. The van der Waals surface area contributed by atoms with Crippen molar-refractivity contribution in [2.75, 3.05) is 0 Å². The second-order valence-corrected chi connectivity index (χ2v) is 4.57. The molecule has 0 aliphatic heterocycles. The van der Waals surface area contributed by atoms with Crippen molar-refractivity contribution in [1.82, 2.24) is 0 Å². The Labute approximate surface area is 98.2 Å². The standard InChI is InChI=1S/C13H13FOS/c14-13-4-2-1-3-11(13)8-12(15)7-10-5-6-16-9-10/h1-6,9,12,15H,7-8H2. The van der Waals surface area contributed by atoms with Gasteiger partial charge in [0.1, 0.15) is 5.82 Å². The summed E-state index contributed by atoms with van der Waals surface area (Å²) >= 11 is 1.61. The zero-order valence-electron chi connectivity index (χ0n) is 8.77. The molecule has 0 fully saturated rings. The SMILES string of the molecule is OC(Cc1ccsc1)Cc1ccccc1F. The number of halogens is 1.